The van der Waals surface area contributed by atoms with Crippen molar-refractivity contribution in [1.29, 1.82) is 0 Å². The van der Waals surface area contributed by atoms with Gasteiger partial charge in [-0.15, -0.1) is 0 Å². The molecule has 2 aromatic rings. The standard InChI is InChI=1S/C21H34N6O3/c1-8-27-18(13-16(3)24-27)19(28)26(20(29)30-21(4,5)6)11-9-10-22-14-17-12-15(2)23-25(17)7/h12-13,22H,8-11,14H2,1-7H3/p+1. The van der Waals surface area contributed by atoms with Crippen LogP contribution in [0.5, 0.6) is 0 Å². The average molecular weight is 420 g/mol. The zero-order valence-corrected chi connectivity index (χ0v) is 19.2. The van der Waals surface area contributed by atoms with Crippen LogP contribution < -0.4 is 5.32 Å². The van der Waals surface area contributed by atoms with E-state index in [1.54, 1.807) is 31.5 Å². The third-order valence-corrected chi connectivity index (χ3v) is 4.52. The number of quaternary nitrogens is 1. The largest absolute Gasteiger partial charge is 0.443 e. The molecular formula is C21H35N6O3+. The van der Waals surface area contributed by atoms with Crippen LogP contribution in [0.25, 0.3) is 0 Å². The van der Waals surface area contributed by atoms with E-state index >= 15 is 0 Å². The first-order chi connectivity index (χ1) is 14.0. The number of carbonyl (C=O) groups is 2. The minimum absolute atomic E-state index is 0.280. The van der Waals surface area contributed by atoms with E-state index in [4.69, 9.17) is 4.74 Å². The zero-order valence-electron chi connectivity index (χ0n) is 19.2. The van der Waals surface area contributed by atoms with Gasteiger partial charge in [0, 0.05) is 26.6 Å². The smallest absolute Gasteiger partial charge is 0.417 e. The van der Waals surface area contributed by atoms with Crippen LogP contribution in [-0.4, -0.2) is 55.2 Å². The fraction of sp³-hybridized carbons (Fsp3) is 0.619. The molecule has 2 rings (SSSR count). The summed E-state index contributed by atoms with van der Waals surface area (Å²) in [6, 6.07) is 3.77. The third kappa shape index (κ3) is 6.41. The van der Waals surface area contributed by atoms with E-state index in [1.165, 1.54) is 4.90 Å². The quantitative estimate of drug-likeness (QED) is 0.658. The Balaban J connectivity index is 2.03. The predicted octanol–water partition coefficient (Wildman–Crippen LogP) is 1.78. The molecule has 30 heavy (non-hydrogen) atoms. The topological polar surface area (TPSA) is 98.9 Å². The second-order valence-electron chi connectivity index (χ2n) is 8.46. The Hall–Kier alpha value is -2.68. The lowest BCUT2D eigenvalue weighted by molar-refractivity contribution is -0.671. The summed E-state index contributed by atoms with van der Waals surface area (Å²) >= 11 is 0. The molecule has 0 unspecified atom stereocenters. The van der Waals surface area contributed by atoms with Gasteiger partial charge in [-0.2, -0.15) is 10.2 Å². The van der Waals surface area contributed by atoms with Gasteiger partial charge in [-0.05, 0) is 53.7 Å². The molecule has 166 valence electrons. The number of nitrogens with two attached hydrogens (primary N) is 1. The van der Waals surface area contributed by atoms with E-state index in [1.807, 2.05) is 32.5 Å². The number of aryl methyl sites for hydroxylation is 4. The van der Waals surface area contributed by atoms with Crippen molar-refractivity contribution in [3.63, 3.8) is 0 Å². The summed E-state index contributed by atoms with van der Waals surface area (Å²) in [4.78, 5) is 27.1. The molecule has 0 fully saturated rings. The van der Waals surface area contributed by atoms with Gasteiger partial charge in [0.25, 0.3) is 5.91 Å². The van der Waals surface area contributed by atoms with Crippen molar-refractivity contribution in [2.24, 2.45) is 7.05 Å². The second-order valence-corrected chi connectivity index (χ2v) is 8.46. The Morgan fingerprint density at radius 2 is 1.83 bits per heavy atom. The lowest BCUT2D eigenvalue weighted by Gasteiger charge is -2.26. The van der Waals surface area contributed by atoms with Crippen LogP contribution in [0.2, 0.25) is 0 Å². The van der Waals surface area contributed by atoms with E-state index in [0.717, 1.165) is 30.2 Å². The number of imide groups is 1. The molecule has 0 aliphatic carbocycles. The summed E-state index contributed by atoms with van der Waals surface area (Å²) in [7, 11) is 1.93. The minimum Gasteiger partial charge on any atom is -0.443 e. The minimum atomic E-state index is -0.681. The van der Waals surface area contributed by atoms with Gasteiger partial charge in [0.1, 0.15) is 17.8 Å². The highest BCUT2D eigenvalue weighted by Gasteiger charge is 2.30. The van der Waals surface area contributed by atoms with Crippen LogP contribution in [0, 0.1) is 13.8 Å². The highest BCUT2D eigenvalue weighted by atomic mass is 16.6. The van der Waals surface area contributed by atoms with Crippen molar-refractivity contribution in [3.05, 3.63) is 34.9 Å². The van der Waals surface area contributed by atoms with Crippen molar-refractivity contribution >= 4 is 12.0 Å². The number of rotatable bonds is 8. The van der Waals surface area contributed by atoms with Gasteiger partial charge in [-0.1, -0.05) is 0 Å². The molecule has 0 atom stereocenters. The Morgan fingerprint density at radius 3 is 2.40 bits per heavy atom. The highest BCUT2D eigenvalue weighted by molar-refractivity contribution is 6.02. The van der Waals surface area contributed by atoms with Crippen LogP contribution >= 0.6 is 0 Å². The van der Waals surface area contributed by atoms with Gasteiger partial charge in [-0.3, -0.25) is 14.2 Å². The fourth-order valence-electron chi connectivity index (χ4n) is 3.19. The van der Waals surface area contributed by atoms with Crippen LogP contribution in [0.15, 0.2) is 12.1 Å². The number of amides is 2. The molecule has 2 aromatic heterocycles. The number of carbonyl (C=O) groups excluding carboxylic acids is 2. The molecule has 0 radical (unpaired) electrons. The van der Waals surface area contributed by atoms with E-state index in [-0.39, 0.29) is 12.5 Å². The SMILES string of the molecule is CCn1nc(C)cc1C(=O)N(CCC[NH2+]Cc1cc(C)nn1C)C(=O)OC(C)(C)C. The first kappa shape index (κ1) is 23.6. The van der Waals surface area contributed by atoms with E-state index in [0.29, 0.717) is 18.7 Å². The first-order valence-corrected chi connectivity index (χ1v) is 10.4. The maximum absolute atomic E-state index is 13.1. The third-order valence-electron chi connectivity index (χ3n) is 4.52. The number of aromatic nitrogens is 4. The maximum Gasteiger partial charge on any atom is 0.417 e. The molecule has 0 bridgehead atoms. The van der Waals surface area contributed by atoms with Gasteiger partial charge in [0.15, 0.2) is 0 Å². The summed E-state index contributed by atoms with van der Waals surface area (Å²) in [6.45, 7) is 13.5. The zero-order chi connectivity index (χ0) is 22.5. The molecule has 0 spiro atoms. The molecule has 2 N–H and O–H groups in total. The van der Waals surface area contributed by atoms with Crippen molar-refractivity contribution in [1.82, 2.24) is 24.5 Å². The van der Waals surface area contributed by atoms with Gasteiger partial charge in [0.05, 0.1) is 23.6 Å². The highest BCUT2D eigenvalue weighted by Crippen LogP contribution is 2.14. The van der Waals surface area contributed by atoms with Crippen LogP contribution in [0.4, 0.5) is 4.79 Å². The lowest BCUT2D eigenvalue weighted by atomic mass is 10.2. The van der Waals surface area contributed by atoms with E-state index in [9.17, 15) is 9.59 Å². The van der Waals surface area contributed by atoms with Crippen LogP contribution in [0.1, 0.15) is 61.7 Å². The van der Waals surface area contributed by atoms with Crippen molar-refractivity contribution < 1.29 is 19.6 Å². The van der Waals surface area contributed by atoms with E-state index < -0.39 is 11.7 Å². The van der Waals surface area contributed by atoms with Gasteiger partial charge >= 0.3 is 6.09 Å². The van der Waals surface area contributed by atoms with Gasteiger partial charge in [0.2, 0.25) is 0 Å². The average Bonchev–Trinajstić information content (AvgIpc) is 3.17. The van der Waals surface area contributed by atoms with Crippen LogP contribution in [0.3, 0.4) is 0 Å². The summed E-state index contributed by atoms with van der Waals surface area (Å²) in [5.41, 5.74) is 2.58. The molecule has 0 saturated heterocycles. The molecule has 2 heterocycles. The van der Waals surface area contributed by atoms with Crippen molar-refractivity contribution in [2.45, 2.75) is 66.7 Å². The molecule has 0 saturated carbocycles. The number of nitrogens with zero attached hydrogens (tertiary/aromatic N) is 5. The normalized spacial score (nSPS) is 11.6. The summed E-state index contributed by atoms with van der Waals surface area (Å²) < 4.78 is 8.97. The second kappa shape index (κ2) is 9.88. The lowest BCUT2D eigenvalue weighted by Crippen LogP contribution is -2.83. The maximum atomic E-state index is 13.1. The number of hydrogen-bond donors (Lipinski definition) is 1. The fourth-order valence-corrected chi connectivity index (χ4v) is 3.19. The Bertz CT molecular complexity index is 878. The number of ether oxygens (including phenoxy) is 1. The van der Waals surface area contributed by atoms with Crippen LogP contribution in [-0.2, 0) is 24.9 Å². The molecule has 9 heteroatoms. The summed E-state index contributed by atoms with van der Waals surface area (Å²) in [5, 5.41) is 10.8. The molecule has 0 aliphatic rings. The predicted molar refractivity (Wildman–Crippen MR) is 113 cm³/mol. The molecule has 9 nitrogen and oxygen atoms in total. The Kier molecular flexibility index (Phi) is 7.77. The van der Waals surface area contributed by atoms with Gasteiger partial charge in [-0.25, -0.2) is 9.69 Å². The van der Waals surface area contributed by atoms with Crippen molar-refractivity contribution in [2.75, 3.05) is 13.1 Å². The van der Waals surface area contributed by atoms with E-state index in [2.05, 4.69) is 21.6 Å². The first-order valence-electron chi connectivity index (χ1n) is 10.4. The summed E-state index contributed by atoms with van der Waals surface area (Å²) in [6.07, 6.45) is 0.0254. The van der Waals surface area contributed by atoms with Gasteiger partial charge < -0.3 is 10.1 Å². The molecule has 0 aromatic carbocycles. The Labute approximate surface area is 178 Å². The molecule has 0 aliphatic heterocycles. The molecular weight excluding hydrogens is 384 g/mol. The monoisotopic (exact) mass is 419 g/mol. The number of hydrogen-bond acceptors (Lipinski definition) is 5. The van der Waals surface area contributed by atoms with Crippen molar-refractivity contribution in [3.8, 4) is 0 Å². The summed E-state index contributed by atoms with van der Waals surface area (Å²) in [5.74, 6) is -0.381. The molecule has 2 amide bonds. The Morgan fingerprint density at radius 1 is 1.17 bits per heavy atom.